The summed E-state index contributed by atoms with van der Waals surface area (Å²) in [7, 11) is 0. The molecule has 0 amide bonds. The zero-order chi connectivity index (χ0) is 22.8. The van der Waals surface area contributed by atoms with Crippen LogP contribution in [0.4, 0.5) is 0 Å². The third-order valence-corrected chi connectivity index (χ3v) is 5.85. The number of ketones is 2. The summed E-state index contributed by atoms with van der Waals surface area (Å²) >= 11 is 1.32. The van der Waals surface area contributed by atoms with Gasteiger partial charge in [-0.05, 0) is 35.4 Å². The molecule has 1 aromatic heterocycles. The molecule has 5 nitrogen and oxygen atoms in total. The van der Waals surface area contributed by atoms with Crippen LogP contribution >= 0.6 is 11.3 Å². The van der Waals surface area contributed by atoms with E-state index in [2.05, 4.69) is 12.1 Å². The van der Waals surface area contributed by atoms with Gasteiger partial charge in [0.25, 0.3) is 5.78 Å². The number of carbonyl (C=O) groups excluding carboxylic acids is 3. The van der Waals surface area contributed by atoms with Crippen LogP contribution in [-0.2, 0) is 9.63 Å². The van der Waals surface area contributed by atoms with Gasteiger partial charge < -0.3 is 4.84 Å². The fourth-order valence-electron chi connectivity index (χ4n) is 3.14. The minimum atomic E-state index is -1.11. The zero-order valence-corrected chi connectivity index (χ0v) is 18.8. The fourth-order valence-corrected chi connectivity index (χ4v) is 4.02. The van der Waals surface area contributed by atoms with E-state index in [1.807, 2.05) is 41.8 Å². The highest BCUT2D eigenvalue weighted by Crippen LogP contribution is 2.26. The number of benzene rings is 2. The van der Waals surface area contributed by atoms with Crippen molar-refractivity contribution < 1.29 is 19.2 Å². The molecule has 0 radical (unpaired) electrons. The van der Waals surface area contributed by atoms with Crippen molar-refractivity contribution in [3.05, 3.63) is 82.6 Å². The molecule has 0 bridgehead atoms. The smallest absolute Gasteiger partial charge is 0.309 e. The van der Waals surface area contributed by atoms with Crippen LogP contribution in [0.1, 0.15) is 59.1 Å². The largest absolute Gasteiger partial charge is 0.405 e. The second-order valence-electron chi connectivity index (χ2n) is 7.32. The summed E-state index contributed by atoms with van der Waals surface area (Å²) in [4.78, 5) is 42.9. The minimum absolute atomic E-state index is 0.150. The van der Waals surface area contributed by atoms with Crippen molar-refractivity contribution in [2.75, 3.05) is 0 Å². The van der Waals surface area contributed by atoms with Crippen LogP contribution in [0.2, 0.25) is 0 Å². The number of hydrogen-bond donors (Lipinski definition) is 0. The van der Waals surface area contributed by atoms with Gasteiger partial charge in [0, 0.05) is 5.56 Å². The Morgan fingerprint density at radius 2 is 1.53 bits per heavy atom. The van der Waals surface area contributed by atoms with Gasteiger partial charge in [-0.15, -0.1) is 11.3 Å². The van der Waals surface area contributed by atoms with Crippen molar-refractivity contribution in [2.45, 2.75) is 39.0 Å². The molecule has 32 heavy (non-hydrogen) atoms. The second-order valence-corrected chi connectivity index (χ2v) is 8.23. The van der Waals surface area contributed by atoms with Crippen molar-refractivity contribution in [1.29, 1.82) is 0 Å². The topological polar surface area (TPSA) is 72.8 Å². The standard InChI is InChI=1S/C26H25NO4S/c1-2-3-4-11-16-22(27-31-26(30)24(28)20-14-9-6-10-15-20)25(29)23-17-21(18-32-23)19-12-7-5-8-13-19/h5-10,12-15,17-18H,2-4,11,16H2,1H3. The third-order valence-electron chi connectivity index (χ3n) is 4.92. The molecule has 0 aliphatic rings. The molecule has 0 N–H and O–H groups in total. The Labute approximate surface area is 191 Å². The fraction of sp³-hybridized carbons (Fsp3) is 0.231. The van der Waals surface area contributed by atoms with Crippen molar-refractivity contribution >= 4 is 34.6 Å². The Kier molecular flexibility index (Phi) is 8.63. The first-order valence-electron chi connectivity index (χ1n) is 10.7. The number of carbonyl (C=O) groups is 3. The van der Waals surface area contributed by atoms with E-state index in [0.717, 1.165) is 36.8 Å². The molecule has 0 unspecified atom stereocenters. The van der Waals surface area contributed by atoms with Gasteiger partial charge in [0.2, 0.25) is 5.78 Å². The molecule has 164 valence electrons. The van der Waals surface area contributed by atoms with Crippen molar-refractivity contribution in [2.24, 2.45) is 5.16 Å². The maximum Gasteiger partial charge on any atom is 0.405 e. The highest BCUT2D eigenvalue weighted by Gasteiger charge is 2.21. The van der Waals surface area contributed by atoms with Crippen LogP contribution in [0.5, 0.6) is 0 Å². The van der Waals surface area contributed by atoms with E-state index in [0.29, 0.717) is 11.3 Å². The zero-order valence-electron chi connectivity index (χ0n) is 18.0. The average Bonchev–Trinajstić information content (AvgIpc) is 3.34. The summed E-state index contributed by atoms with van der Waals surface area (Å²) in [6, 6.07) is 19.7. The SMILES string of the molecule is CCCCCCC(=NOC(=O)C(=O)c1ccccc1)C(=O)c1cc(-c2ccccc2)cs1. The Hall–Kier alpha value is -3.38. The van der Waals surface area contributed by atoms with Crippen LogP contribution < -0.4 is 0 Å². The van der Waals surface area contributed by atoms with E-state index in [1.165, 1.54) is 23.5 Å². The lowest BCUT2D eigenvalue weighted by Crippen LogP contribution is -2.19. The number of rotatable bonds is 11. The predicted molar refractivity (Wildman–Crippen MR) is 127 cm³/mol. The minimum Gasteiger partial charge on any atom is -0.309 e. The number of unbranched alkanes of at least 4 members (excludes halogenated alkanes) is 3. The predicted octanol–water partition coefficient (Wildman–Crippen LogP) is 6.35. The van der Waals surface area contributed by atoms with Crippen LogP contribution in [0.15, 0.2) is 77.3 Å². The number of nitrogens with zero attached hydrogens (tertiary/aromatic N) is 1. The molecule has 0 saturated carbocycles. The van der Waals surface area contributed by atoms with Gasteiger partial charge in [-0.3, -0.25) is 9.59 Å². The number of thiophene rings is 1. The Bertz CT molecular complexity index is 1090. The maximum atomic E-state index is 13.1. The van der Waals surface area contributed by atoms with E-state index in [1.54, 1.807) is 18.2 Å². The molecule has 0 atom stereocenters. The molecule has 0 aliphatic heterocycles. The van der Waals surface area contributed by atoms with Gasteiger partial charge in [0.05, 0.1) is 4.88 Å². The number of hydrogen-bond acceptors (Lipinski definition) is 6. The van der Waals surface area contributed by atoms with Gasteiger partial charge in [0.1, 0.15) is 5.71 Å². The molecular formula is C26H25NO4S. The van der Waals surface area contributed by atoms with E-state index in [-0.39, 0.29) is 17.1 Å². The summed E-state index contributed by atoms with van der Waals surface area (Å²) in [5.74, 6) is -2.19. The molecule has 0 aliphatic carbocycles. The van der Waals surface area contributed by atoms with Crippen LogP contribution in [0, 0.1) is 0 Å². The summed E-state index contributed by atoms with van der Waals surface area (Å²) < 4.78 is 0. The molecule has 2 aromatic carbocycles. The number of Topliss-reactive ketones (excluding diaryl/α,β-unsaturated/α-hetero) is 2. The Morgan fingerprint density at radius 1 is 0.844 bits per heavy atom. The van der Waals surface area contributed by atoms with Crippen molar-refractivity contribution in [1.82, 2.24) is 0 Å². The third kappa shape index (κ3) is 6.31. The van der Waals surface area contributed by atoms with Crippen LogP contribution in [-0.4, -0.2) is 23.2 Å². The van der Waals surface area contributed by atoms with Crippen molar-refractivity contribution in [3.63, 3.8) is 0 Å². The molecule has 3 rings (SSSR count). The summed E-state index contributed by atoms with van der Waals surface area (Å²) in [5, 5.41) is 5.75. The normalized spacial score (nSPS) is 11.2. The molecule has 6 heteroatoms. The average molecular weight is 448 g/mol. The first kappa shape index (κ1) is 23.3. The van der Waals surface area contributed by atoms with E-state index >= 15 is 0 Å². The molecule has 0 saturated heterocycles. The molecule has 3 aromatic rings. The van der Waals surface area contributed by atoms with Crippen LogP contribution in [0.3, 0.4) is 0 Å². The second kappa shape index (κ2) is 11.9. The molecule has 1 heterocycles. The van der Waals surface area contributed by atoms with E-state index in [4.69, 9.17) is 4.84 Å². The maximum absolute atomic E-state index is 13.1. The lowest BCUT2D eigenvalue weighted by atomic mass is 10.0. The van der Waals surface area contributed by atoms with Crippen LogP contribution in [0.25, 0.3) is 11.1 Å². The Balaban J connectivity index is 1.75. The number of oxime groups is 1. The van der Waals surface area contributed by atoms with Gasteiger partial charge in [-0.1, -0.05) is 92.0 Å². The summed E-state index contributed by atoms with van der Waals surface area (Å²) in [6.07, 6.45) is 4.18. The quantitative estimate of drug-likeness (QED) is 0.0857. The summed E-state index contributed by atoms with van der Waals surface area (Å²) in [6.45, 7) is 2.11. The molecular weight excluding hydrogens is 422 g/mol. The highest BCUT2D eigenvalue weighted by molar-refractivity contribution is 7.13. The monoisotopic (exact) mass is 447 g/mol. The molecule has 0 fully saturated rings. The lowest BCUT2D eigenvalue weighted by molar-refractivity contribution is -0.138. The van der Waals surface area contributed by atoms with Gasteiger partial charge in [0.15, 0.2) is 0 Å². The highest BCUT2D eigenvalue weighted by atomic mass is 32.1. The first-order chi connectivity index (χ1) is 15.6. The van der Waals surface area contributed by atoms with Gasteiger partial charge >= 0.3 is 5.97 Å². The summed E-state index contributed by atoms with van der Waals surface area (Å²) in [5.41, 5.74) is 2.33. The van der Waals surface area contributed by atoms with Gasteiger partial charge in [-0.25, -0.2) is 4.79 Å². The van der Waals surface area contributed by atoms with E-state index < -0.39 is 11.8 Å². The van der Waals surface area contributed by atoms with E-state index in [9.17, 15) is 14.4 Å². The first-order valence-corrected chi connectivity index (χ1v) is 11.5. The lowest BCUT2D eigenvalue weighted by Gasteiger charge is -2.04. The van der Waals surface area contributed by atoms with Gasteiger partial charge in [-0.2, -0.15) is 0 Å². The Morgan fingerprint density at radius 3 is 2.22 bits per heavy atom. The molecule has 0 spiro atoms. The van der Waals surface area contributed by atoms with Crippen molar-refractivity contribution in [3.8, 4) is 11.1 Å².